The molecule has 0 unspecified atom stereocenters. The predicted molar refractivity (Wildman–Crippen MR) is 94.6 cm³/mol. The van der Waals surface area contributed by atoms with Crippen molar-refractivity contribution in [1.29, 1.82) is 0 Å². The molecule has 2 aromatic carbocycles. The summed E-state index contributed by atoms with van der Waals surface area (Å²) in [5, 5.41) is 4.59. The fourth-order valence-electron chi connectivity index (χ4n) is 1.88. The second-order valence-corrected chi connectivity index (χ2v) is 5.86. The van der Waals surface area contributed by atoms with E-state index in [1.165, 1.54) is 0 Å². The topological polar surface area (TPSA) is 73.9 Å². The molecule has 0 fully saturated rings. The number of amidine groups is 1. The zero-order valence-electron chi connectivity index (χ0n) is 13.0. The Morgan fingerprint density at radius 3 is 2.67 bits per heavy atom. The van der Waals surface area contributed by atoms with E-state index < -0.39 is 5.97 Å². The average molecular weight is 367 g/mol. The molecule has 0 aromatic heterocycles. The van der Waals surface area contributed by atoms with Crippen LogP contribution in [0.2, 0.25) is 10.0 Å². The molecule has 2 rings (SSSR count). The summed E-state index contributed by atoms with van der Waals surface area (Å²) in [6.45, 7) is 1.62. The van der Waals surface area contributed by atoms with Crippen molar-refractivity contribution in [3.63, 3.8) is 0 Å². The van der Waals surface area contributed by atoms with Crippen molar-refractivity contribution in [1.82, 2.24) is 0 Å². The van der Waals surface area contributed by atoms with Crippen LogP contribution in [0.4, 0.5) is 0 Å². The lowest BCUT2D eigenvalue weighted by molar-refractivity contribution is -0.146. The maximum atomic E-state index is 11.6. The maximum absolute atomic E-state index is 11.6. The quantitative estimate of drug-likeness (QED) is 0.365. The van der Waals surface area contributed by atoms with Gasteiger partial charge in [0, 0.05) is 16.5 Å². The SMILES string of the molecule is Cc1ccccc1OCC(=O)O/N=C(/N)Cc1ccc(Cl)cc1Cl. The number of hydrogen-bond acceptors (Lipinski definition) is 4. The van der Waals surface area contributed by atoms with Gasteiger partial charge < -0.3 is 15.3 Å². The molecule has 0 saturated carbocycles. The van der Waals surface area contributed by atoms with E-state index in [0.29, 0.717) is 15.8 Å². The van der Waals surface area contributed by atoms with Crippen LogP contribution in [-0.2, 0) is 16.1 Å². The minimum Gasteiger partial charge on any atom is -0.482 e. The van der Waals surface area contributed by atoms with Crippen LogP contribution in [0.5, 0.6) is 5.75 Å². The Balaban J connectivity index is 1.85. The van der Waals surface area contributed by atoms with Crippen LogP contribution in [0.3, 0.4) is 0 Å². The van der Waals surface area contributed by atoms with Gasteiger partial charge in [0.05, 0.1) is 0 Å². The Kier molecular flexibility index (Phi) is 6.46. The molecule has 5 nitrogen and oxygen atoms in total. The highest BCUT2D eigenvalue weighted by Gasteiger charge is 2.08. The standard InChI is InChI=1S/C17H16Cl2N2O3/c1-11-4-2-3-5-15(11)23-10-17(22)24-21-16(20)8-12-6-7-13(18)9-14(12)19/h2-7,9H,8,10H2,1H3,(H2,20,21). The number of nitrogens with two attached hydrogens (primary N) is 1. The van der Waals surface area contributed by atoms with Gasteiger partial charge in [0.1, 0.15) is 11.6 Å². The molecular weight excluding hydrogens is 351 g/mol. The lowest BCUT2D eigenvalue weighted by atomic mass is 10.1. The van der Waals surface area contributed by atoms with Crippen LogP contribution in [0.15, 0.2) is 47.6 Å². The number of aryl methyl sites for hydroxylation is 1. The van der Waals surface area contributed by atoms with E-state index in [9.17, 15) is 4.79 Å². The van der Waals surface area contributed by atoms with Gasteiger partial charge in [0.15, 0.2) is 6.61 Å². The summed E-state index contributed by atoms with van der Waals surface area (Å²) in [5.74, 6) is 0.0752. The van der Waals surface area contributed by atoms with Crippen molar-refractivity contribution in [2.24, 2.45) is 10.9 Å². The highest BCUT2D eigenvalue weighted by molar-refractivity contribution is 6.35. The number of carbonyl (C=O) groups is 1. The van der Waals surface area contributed by atoms with Gasteiger partial charge in [0.25, 0.3) is 0 Å². The van der Waals surface area contributed by atoms with E-state index in [-0.39, 0.29) is 18.9 Å². The first kappa shape index (κ1) is 18.1. The molecule has 0 bridgehead atoms. The molecule has 24 heavy (non-hydrogen) atoms. The molecule has 0 aliphatic carbocycles. The van der Waals surface area contributed by atoms with Crippen LogP contribution < -0.4 is 10.5 Å². The lowest BCUT2D eigenvalue weighted by Crippen LogP contribution is -2.19. The van der Waals surface area contributed by atoms with Gasteiger partial charge in [0.2, 0.25) is 0 Å². The van der Waals surface area contributed by atoms with Crippen molar-refractivity contribution in [2.45, 2.75) is 13.3 Å². The monoisotopic (exact) mass is 366 g/mol. The molecule has 2 aromatic rings. The van der Waals surface area contributed by atoms with E-state index in [4.69, 9.17) is 38.5 Å². The number of benzene rings is 2. The third-order valence-electron chi connectivity index (χ3n) is 3.09. The van der Waals surface area contributed by atoms with Crippen molar-refractivity contribution in [3.05, 3.63) is 63.6 Å². The minimum atomic E-state index is -0.650. The normalized spacial score (nSPS) is 11.2. The Hall–Kier alpha value is -2.24. The van der Waals surface area contributed by atoms with Crippen LogP contribution >= 0.6 is 23.2 Å². The number of para-hydroxylation sites is 1. The largest absolute Gasteiger partial charge is 0.482 e. The molecule has 7 heteroatoms. The third-order valence-corrected chi connectivity index (χ3v) is 3.68. The summed E-state index contributed by atoms with van der Waals surface area (Å²) >= 11 is 11.9. The van der Waals surface area contributed by atoms with Crippen LogP contribution in [-0.4, -0.2) is 18.4 Å². The van der Waals surface area contributed by atoms with E-state index in [1.807, 2.05) is 25.1 Å². The first-order valence-electron chi connectivity index (χ1n) is 7.10. The summed E-state index contributed by atoms with van der Waals surface area (Å²) in [7, 11) is 0. The Bertz CT molecular complexity index is 763. The van der Waals surface area contributed by atoms with E-state index in [2.05, 4.69) is 5.16 Å². The number of halogens is 2. The summed E-state index contributed by atoms with van der Waals surface area (Å²) in [5.41, 5.74) is 7.39. The molecule has 0 aliphatic heterocycles. The highest BCUT2D eigenvalue weighted by Crippen LogP contribution is 2.21. The highest BCUT2D eigenvalue weighted by atomic mass is 35.5. The molecule has 0 amide bonds. The van der Waals surface area contributed by atoms with Crippen LogP contribution in [0.1, 0.15) is 11.1 Å². The summed E-state index contributed by atoms with van der Waals surface area (Å²) in [6.07, 6.45) is 0.238. The Morgan fingerprint density at radius 1 is 1.21 bits per heavy atom. The fraction of sp³-hybridized carbons (Fsp3) is 0.176. The molecule has 0 saturated heterocycles. The predicted octanol–water partition coefficient (Wildman–Crippen LogP) is 3.74. The molecule has 126 valence electrons. The van der Waals surface area contributed by atoms with Gasteiger partial charge in [-0.15, -0.1) is 0 Å². The maximum Gasteiger partial charge on any atom is 0.372 e. The van der Waals surface area contributed by atoms with Gasteiger partial charge in [-0.25, -0.2) is 4.79 Å². The van der Waals surface area contributed by atoms with Gasteiger partial charge in [-0.2, -0.15) is 0 Å². The molecular formula is C17H16Cl2N2O3. The molecule has 0 spiro atoms. The minimum absolute atomic E-state index is 0.114. The smallest absolute Gasteiger partial charge is 0.372 e. The van der Waals surface area contributed by atoms with E-state index in [1.54, 1.807) is 24.3 Å². The molecule has 0 radical (unpaired) electrons. The Morgan fingerprint density at radius 2 is 1.96 bits per heavy atom. The molecule has 0 aliphatic rings. The molecule has 0 heterocycles. The van der Waals surface area contributed by atoms with Gasteiger partial charge in [-0.05, 0) is 36.2 Å². The fourth-order valence-corrected chi connectivity index (χ4v) is 2.36. The molecule has 2 N–H and O–H groups in total. The summed E-state index contributed by atoms with van der Waals surface area (Å²) in [6, 6.07) is 12.4. The van der Waals surface area contributed by atoms with Crippen LogP contribution in [0, 0.1) is 6.92 Å². The second kappa shape index (κ2) is 8.57. The van der Waals surface area contributed by atoms with E-state index in [0.717, 1.165) is 11.1 Å². The number of oxime groups is 1. The second-order valence-electron chi connectivity index (χ2n) is 5.01. The Labute approximate surface area is 149 Å². The van der Waals surface area contributed by atoms with Crippen molar-refractivity contribution >= 4 is 35.0 Å². The number of ether oxygens (including phenoxy) is 1. The average Bonchev–Trinajstić information content (AvgIpc) is 2.55. The third kappa shape index (κ3) is 5.44. The lowest BCUT2D eigenvalue weighted by Gasteiger charge is -2.07. The van der Waals surface area contributed by atoms with Crippen LogP contribution in [0.25, 0.3) is 0 Å². The molecule has 0 atom stereocenters. The van der Waals surface area contributed by atoms with Crippen molar-refractivity contribution in [2.75, 3.05) is 6.61 Å². The number of rotatable bonds is 6. The van der Waals surface area contributed by atoms with Gasteiger partial charge >= 0.3 is 5.97 Å². The summed E-state index contributed by atoms with van der Waals surface area (Å²) in [4.78, 5) is 16.4. The number of carbonyl (C=O) groups excluding carboxylic acids is 1. The van der Waals surface area contributed by atoms with Crippen molar-refractivity contribution < 1.29 is 14.4 Å². The first-order chi connectivity index (χ1) is 11.5. The number of hydrogen-bond donors (Lipinski definition) is 1. The van der Waals surface area contributed by atoms with Crippen molar-refractivity contribution in [3.8, 4) is 5.75 Å². The zero-order chi connectivity index (χ0) is 17.5. The van der Waals surface area contributed by atoms with Gasteiger partial charge in [-0.1, -0.05) is 52.6 Å². The zero-order valence-corrected chi connectivity index (χ0v) is 14.5. The first-order valence-corrected chi connectivity index (χ1v) is 7.86. The van der Waals surface area contributed by atoms with Gasteiger partial charge in [-0.3, -0.25) is 0 Å². The number of nitrogens with zero attached hydrogens (tertiary/aromatic N) is 1. The van der Waals surface area contributed by atoms with E-state index >= 15 is 0 Å². The summed E-state index contributed by atoms with van der Waals surface area (Å²) < 4.78 is 5.36.